The highest BCUT2D eigenvalue weighted by molar-refractivity contribution is 5.58. The molecule has 20 heavy (non-hydrogen) atoms. The van der Waals surface area contributed by atoms with E-state index in [2.05, 4.69) is 5.32 Å². The molecular weight excluding hydrogens is 260 g/mol. The fourth-order valence-electron chi connectivity index (χ4n) is 2.54. The predicted molar refractivity (Wildman–Crippen MR) is 76.1 cm³/mol. The molecule has 2 rings (SSSR count). The zero-order chi connectivity index (χ0) is 14.5. The van der Waals surface area contributed by atoms with Gasteiger partial charge in [-0.1, -0.05) is 0 Å². The van der Waals surface area contributed by atoms with Gasteiger partial charge in [-0.05, 0) is 38.2 Å². The average Bonchev–Trinajstić information content (AvgIpc) is 2.82. The van der Waals surface area contributed by atoms with Gasteiger partial charge in [0.05, 0.1) is 17.6 Å². The molecule has 1 aromatic carbocycles. The van der Waals surface area contributed by atoms with Crippen LogP contribution in [0, 0.1) is 16.0 Å². The van der Waals surface area contributed by atoms with E-state index in [4.69, 9.17) is 4.74 Å². The maximum atomic E-state index is 10.9. The van der Waals surface area contributed by atoms with Crippen LogP contribution in [0.2, 0.25) is 0 Å². The summed E-state index contributed by atoms with van der Waals surface area (Å²) in [7, 11) is 0. The highest BCUT2D eigenvalue weighted by Crippen LogP contribution is 2.31. The van der Waals surface area contributed by atoms with Crippen LogP contribution in [0.3, 0.4) is 0 Å². The van der Waals surface area contributed by atoms with Gasteiger partial charge in [0, 0.05) is 24.4 Å². The smallest absolute Gasteiger partial charge is 0.311 e. The number of aliphatic hydroxyl groups excluding tert-OH is 1. The van der Waals surface area contributed by atoms with Crippen LogP contribution < -0.4 is 10.1 Å². The Balaban J connectivity index is 2.01. The summed E-state index contributed by atoms with van der Waals surface area (Å²) >= 11 is 0. The van der Waals surface area contributed by atoms with E-state index in [1.165, 1.54) is 6.07 Å². The van der Waals surface area contributed by atoms with E-state index in [1.807, 2.05) is 0 Å². The van der Waals surface area contributed by atoms with Crippen molar-refractivity contribution in [2.24, 2.45) is 5.92 Å². The summed E-state index contributed by atoms with van der Waals surface area (Å²) in [6.45, 7) is 2.95. The van der Waals surface area contributed by atoms with Crippen molar-refractivity contribution in [1.82, 2.24) is 0 Å². The molecule has 2 N–H and O–H groups in total. The molecule has 1 aliphatic rings. The lowest BCUT2D eigenvalue weighted by atomic mass is 10.1. The first-order valence-corrected chi connectivity index (χ1v) is 6.93. The molecule has 6 nitrogen and oxygen atoms in total. The van der Waals surface area contributed by atoms with Crippen LogP contribution in [0.15, 0.2) is 18.2 Å². The van der Waals surface area contributed by atoms with Crippen molar-refractivity contribution in [3.8, 4) is 5.75 Å². The summed E-state index contributed by atoms with van der Waals surface area (Å²) in [5, 5.41) is 23.6. The van der Waals surface area contributed by atoms with E-state index in [0.29, 0.717) is 12.5 Å². The molecule has 0 radical (unpaired) electrons. The molecule has 2 atom stereocenters. The van der Waals surface area contributed by atoms with E-state index in [-0.39, 0.29) is 17.5 Å². The molecule has 0 saturated heterocycles. The molecule has 110 valence electrons. The summed E-state index contributed by atoms with van der Waals surface area (Å²) in [6, 6.07) is 4.80. The number of anilines is 1. The maximum Gasteiger partial charge on any atom is 0.311 e. The Morgan fingerprint density at radius 2 is 2.30 bits per heavy atom. The van der Waals surface area contributed by atoms with Gasteiger partial charge in [0.15, 0.2) is 5.75 Å². The Kier molecular flexibility index (Phi) is 4.79. The molecule has 2 unspecified atom stereocenters. The molecule has 1 aliphatic carbocycles. The van der Waals surface area contributed by atoms with Crippen molar-refractivity contribution in [3.05, 3.63) is 28.3 Å². The summed E-state index contributed by atoms with van der Waals surface area (Å²) in [6.07, 6.45) is 2.51. The van der Waals surface area contributed by atoms with Gasteiger partial charge >= 0.3 is 5.69 Å². The van der Waals surface area contributed by atoms with Gasteiger partial charge in [0.1, 0.15) is 0 Å². The van der Waals surface area contributed by atoms with Crippen LogP contribution in [-0.2, 0) is 0 Å². The number of nitro benzene ring substituents is 1. The first-order valence-electron chi connectivity index (χ1n) is 6.93. The zero-order valence-electron chi connectivity index (χ0n) is 11.5. The van der Waals surface area contributed by atoms with E-state index in [0.717, 1.165) is 31.5 Å². The van der Waals surface area contributed by atoms with Crippen molar-refractivity contribution in [3.63, 3.8) is 0 Å². The van der Waals surface area contributed by atoms with Gasteiger partial charge in [-0.2, -0.15) is 0 Å². The minimum atomic E-state index is -0.442. The lowest BCUT2D eigenvalue weighted by molar-refractivity contribution is -0.385. The van der Waals surface area contributed by atoms with Crippen LogP contribution in [0.1, 0.15) is 26.2 Å². The van der Waals surface area contributed by atoms with Gasteiger partial charge in [-0.3, -0.25) is 10.1 Å². The van der Waals surface area contributed by atoms with Crippen LogP contribution in [0.25, 0.3) is 0 Å². The summed E-state index contributed by atoms with van der Waals surface area (Å²) in [5.41, 5.74) is 0.786. The second-order valence-corrected chi connectivity index (χ2v) is 5.09. The summed E-state index contributed by atoms with van der Waals surface area (Å²) in [4.78, 5) is 10.4. The number of nitrogens with one attached hydrogen (secondary N) is 1. The standard InChI is InChI=1S/C14H20N2O4/c1-2-20-14-8-11(4-6-13(14)16(18)19)15-9-10-3-5-12(17)7-10/h4,6,8,10,12,15,17H,2-3,5,7,9H2,1H3. The second-order valence-electron chi connectivity index (χ2n) is 5.09. The SMILES string of the molecule is CCOc1cc(NCC2CCC(O)C2)ccc1[N+](=O)[O-]. The summed E-state index contributed by atoms with van der Waals surface area (Å²) in [5.74, 6) is 0.740. The maximum absolute atomic E-state index is 10.9. The van der Waals surface area contributed by atoms with Crippen LogP contribution in [-0.4, -0.2) is 29.3 Å². The first-order chi connectivity index (χ1) is 9.60. The molecule has 0 aromatic heterocycles. The third kappa shape index (κ3) is 3.60. The van der Waals surface area contributed by atoms with Crippen LogP contribution >= 0.6 is 0 Å². The molecular formula is C14H20N2O4. The van der Waals surface area contributed by atoms with Gasteiger partial charge in [-0.15, -0.1) is 0 Å². The molecule has 1 fully saturated rings. The number of benzene rings is 1. The molecule has 0 amide bonds. The Labute approximate surface area is 117 Å². The van der Waals surface area contributed by atoms with Crippen molar-refractivity contribution in [2.75, 3.05) is 18.5 Å². The highest BCUT2D eigenvalue weighted by Gasteiger charge is 2.22. The predicted octanol–water partition coefficient (Wildman–Crippen LogP) is 2.57. The molecule has 1 saturated carbocycles. The third-order valence-corrected chi connectivity index (χ3v) is 3.56. The third-order valence-electron chi connectivity index (χ3n) is 3.56. The van der Waals surface area contributed by atoms with Crippen molar-refractivity contribution < 1.29 is 14.8 Å². The minimum Gasteiger partial charge on any atom is -0.487 e. The Hall–Kier alpha value is -1.82. The minimum absolute atomic E-state index is 0.0197. The number of aliphatic hydroxyl groups is 1. The van der Waals surface area contributed by atoms with Crippen molar-refractivity contribution in [1.29, 1.82) is 0 Å². The topological polar surface area (TPSA) is 84.6 Å². The Bertz CT molecular complexity index is 478. The second kappa shape index (κ2) is 6.56. The van der Waals surface area contributed by atoms with Crippen LogP contribution in [0.4, 0.5) is 11.4 Å². The van der Waals surface area contributed by atoms with Crippen molar-refractivity contribution >= 4 is 11.4 Å². The molecule has 0 spiro atoms. The van der Waals surface area contributed by atoms with Crippen molar-refractivity contribution in [2.45, 2.75) is 32.3 Å². The largest absolute Gasteiger partial charge is 0.487 e. The van der Waals surface area contributed by atoms with E-state index < -0.39 is 4.92 Å². The van der Waals surface area contributed by atoms with E-state index >= 15 is 0 Å². The molecule has 0 bridgehead atoms. The summed E-state index contributed by atoms with van der Waals surface area (Å²) < 4.78 is 5.31. The zero-order valence-corrected chi connectivity index (χ0v) is 11.5. The monoisotopic (exact) mass is 280 g/mol. The average molecular weight is 280 g/mol. The van der Waals surface area contributed by atoms with Gasteiger partial charge < -0.3 is 15.2 Å². The molecule has 1 aromatic rings. The Morgan fingerprint density at radius 3 is 2.90 bits per heavy atom. The van der Waals surface area contributed by atoms with Crippen LogP contribution in [0.5, 0.6) is 5.75 Å². The normalized spacial score (nSPS) is 21.7. The quantitative estimate of drug-likeness (QED) is 0.618. The highest BCUT2D eigenvalue weighted by atomic mass is 16.6. The first kappa shape index (κ1) is 14.6. The number of nitrogens with zero attached hydrogens (tertiary/aromatic N) is 1. The fourth-order valence-corrected chi connectivity index (χ4v) is 2.54. The fraction of sp³-hybridized carbons (Fsp3) is 0.571. The number of ether oxygens (including phenoxy) is 1. The number of hydrogen-bond donors (Lipinski definition) is 2. The number of nitro groups is 1. The molecule has 0 aliphatic heterocycles. The molecule has 0 heterocycles. The lowest BCUT2D eigenvalue weighted by Gasteiger charge is -2.13. The number of rotatable bonds is 6. The van der Waals surface area contributed by atoms with Gasteiger partial charge in [0.25, 0.3) is 0 Å². The number of hydrogen-bond acceptors (Lipinski definition) is 5. The lowest BCUT2D eigenvalue weighted by Crippen LogP contribution is -2.12. The molecule has 6 heteroatoms. The van der Waals surface area contributed by atoms with E-state index in [9.17, 15) is 15.2 Å². The Morgan fingerprint density at radius 1 is 1.50 bits per heavy atom. The van der Waals surface area contributed by atoms with Gasteiger partial charge in [-0.25, -0.2) is 0 Å². The van der Waals surface area contributed by atoms with Gasteiger partial charge in [0.2, 0.25) is 0 Å². The van der Waals surface area contributed by atoms with E-state index in [1.54, 1.807) is 19.1 Å².